The van der Waals surface area contributed by atoms with Crippen LogP contribution in [0.15, 0.2) is 83.7 Å². The Morgan fingerprint density at radius 3 is 2.24 bits per heavy atom. The fourth-order valence-electron chi connectivity index (χ4n) is 3.05. The first-order valence-electron chi connectivity index (χ1n) is 9.07. The van der Waals surface area contributed by atoms with Crippen molar-refractivity contribution in [2.45, 2.75) is 13.2 Å². The predicted molar refractivity (Wildman–Crippen MR) is 107 cm³/mol. The number of carbonyl (C=O) groups is 1. The maximum atomic E-state index is 13.0. The summed E-state index contributed by atoms with van der Waals surface area (Å²) in [5, 5.41) is 5.12. The molecule has 0 unspecified atom stereocenters. The molecule has 0 saturated carbocycles. The van der Waals surface area contributed by atoms with Crippen LogP contribution < -0.4 is 5.56 Å². The van der Waals surface area contributed by atoms with Crippen LogP contribution in [0.1, 0.15) is 21.6 Å². The maximum Gasteiger partial charge on any atom is 0.359 e. The predicted octanol–water partition coefficient (Wildman–Crippen LogP) is 3.94. The first-order chi connectivity index (χ1) is 14.1. The Morgan fingerprint density at radius 1 is 0.862 bits per heavy atom. The molecule has 0 fully saturated rings. The first-order valence-corrected chi connectivity index (χ1v) is 9.07. The zero-order chi connectivity index (χ0) is 20.2. The molecule has 0 amide bonds. The largest absolute Gasteiger partial charge is 0.456 e. The molecule has 4 aromatic rings. The molecule has 0 bridgehead atoms. The number of rotatable bonds is 5. The van der Waals surface area contributed by atoms with Crippen LogP contribution in [0.25, 0.3) is 10.8 Å². The fraction of sp³-hybridized carbons (Fsp3) is 0.0870. The maximum absolute atomic E-state index is 13.0. The Kier molecular flexibility index (Phi) is 5.16. The van der Waals surface area contributed by atoms with Crippen LogP contribution in [0.4, 0.5) is 4.39 Å². The number of halogens is 1. The normalized spacial score (nSPS) is 10.8. The second-order valence-corrected chi connectivity index (χ2v) is 6.55. The van der Waals surface area contributed by atoms with Gasteiger partial charge in [-0.1, -0.05) is 60.7 Å². The molecule has 4 rings (SSSR count). The molecular weight excluding hydrogens is 371 g/mol. The van der Waals surface area contributed by atoms with Crippen molar-refractivity contribution in [2.24, 2.45) is 0 Å². The molecule has 0 atom stereocenters. The van der Waals surface area contributed by atoms with Gasteiger partial charge in [-0.25, -0.2) is 13.9 Å². The van der Waals surface area contributed by atoms with Gasteiger partial charge in [0, 0.05) is 5.39 Å². The summed E-state index contributed by atoms with van der Waals surface area (Å²) in [5.74, 6) is -1.01. The van der Waals surface area contributed by atoms with E-state index in [4.69, 9.17) is 4.74 Å². The van der Waals surface area contributed by atoms with E-state index in [1.807, 2.05) is 30.3 Å². The lowest BCUT2D eigenvalue weighted by Crippen LogP contribution is -2.27. The van der Waals surface area contributed by atoms with Crippen molar-refractivity contribution in [3.63, 3.8) is 0 Å². The van der Waals surface area contributed by atoms with Crippen LogP contribution in [0.2, 0.25) is 0 Å². The number of hydrogen-bond acceptors (Lipinski definition) is 4. The second kappa shape index (κ2) is 8.06. The summed E-state index contributed by atoms with van der Waals surface area (Å²) in [7, 11) is 0. The zero-order valence-corrected chi connectivity index (χ0v) is 15.4. The van der Waals surface area contributed by atoms with Crippen molar-refractivity contribution < 1.29 is 13.9 Å². The summed E-state index contributed by atoms with van der Waals surface area (Å²) in [6.45, 7) is 0.218. The highest BCUT2D eigenvalue weighted by Crippen LogP contribution is 2.16. The molecular formula is C23H17FN2O3. The van der Waals surface area contributed by atoms with E-state index in [9.17, 15) is 14.0 Å². The lowest BCUT2D eigenvalue weighted by Gasteiger charge is -2.11. The molecule has 29 heavy (non-hydrogen) atoms. The monoisotopic (exact) mass is 388 g/mol. The SMILES string of the molecule is O=C(OCc1ccc(F)cc1)c1nn(Cc2ccccc2)c(=O)c2ccccc12. The molecule has 144 valence electrons. The van der Waals surface area contributed by atoms with Crippen molar-refractivity contribution in [1.82, 2.24) is 9.78 Å². The van der Waals surface area contributed by atoms with E-state index in [0.29, 0.717) is 16.3 Å². The van der Waals surface area contributed by atoms with E-state index in [1.54, 1.807) is 36.4 Å². The highest BCUT2D eigenvalue weighted by Gasteiger charge is 2.18. The van der Waals surface area contributed by atoms with Crippen LogP contribution in [0.3, 0.4) is 0 Å². The number of carbonyl (C=O) groups excluding carboxylic acids is 1. The Labute approximate surface area is 166 Å². The molecule has 3 aromatic carbocycles. The molecule has 0 radical (unpaired) electrons. The molecule has 0 N–H and O–H groups in total. The summed E-state index contributed by atoms with van der Waals surface area (Å²) < 4.78 is 19.7. The van der Waals surface area contributed by atoms with E-state index < -0.39 is 5.97 Å². The van der Waals surface area contributed by atoms with Crippen LogP contribution in [0.5, 0.6) is 0 Å². The zero-order valence-electron chi connectivity index (χ0n) is 15.4. The highest BCUT2D eigenvalue weighted by atomic mass is 19.1. The Balaban J connectivity index is 1.68. The fourth-order valence-corrected chi connectivity index (χ4v) is 3.05. The molecule has 0 saturated heterocycles. The summed E-state index contributed by atoms with van der Waals surface area (Å²) in [6.07, 6.45) is 0. The van der Waals surface area contributed by atoms with Gasteiger partial charge >= 0.3 is 5.97 Å². The summed E-state index contributed by atoms with van der Waals surface area (Å²) >= 11 is 0. The van der Waals surface area contributed by atoms with E-state index in [1.165, 1.54) is 16.8 Å². The molecule has 0 spiro atoms. The van der Waals surface area contributed by atoms with Gasteiger partial charge in [0.15, 0.2) is 5.69 Å². The summed E-state index contributed by atoms with van der Waals surface area (Å²) in [4.78, 5) is 25.6. The first kappa shape index (κ1) is 18.6. The highest BCUT2D eigenvalue weighted by molar-refractivity contribution is 6.02. The minimum Gasteiger partial charge on any atom is -0.456 e. The average molecular weight is 388 g/mol. The Morgan fingerprint density at radius 2 is 1.52 bits per heavy atom. The van der Waals surface area contributed by atoms with Crippen molar-refractivity contribution >= 4 is 16.7 Å². The van der Waals surface area contributed by atoms with Crippen LogP contribution in [-0.2, 0) is 17.9 Å². The summed E-state index contributed by atoms with van der Waals surface area (Å²) in [6, 6.07) is 21.9. The van der Waals surface area contributed by atoms with Crippen LogP contribution >= 0.6 is 0 Å². The quantitative estimate of drug-likeness (QED) is 0.486. The van der Waals surface area contributed by atoms with E-state index in [2.05, 4.69) is 5.10 Å². The molecule has 1 heterocycles. The van der Waals surface area contributed by atoms with Gasteiger partial charge in [-0.05, 0) is 29.3 Å². The topological polar surface area (TPSA) is 61.2 Å². The van der Waals surface area contributed by atoms with E-state index >= 15 is 0 Å². The average Bonchev–Trinajstić information content (AvgIpc) is 2.76. The number of aromatic nitrogens is 2. The van der Waals surface area contributed by atoms with Gasteiger partial charge in [0.1, 0.15) is 12.4 Å². The number of esters is 1. The van der Waals surface area contributed by atoms with E-state index in [-0.39, 0.29) is 30.2 Å². The van der Waals surface area contributed by atoms with Crippen molar-refractivity contribution in [2.75, 3.05) is 0 Å². The molecule has 0 aliphatic rings. The minimum absolute atomic E-state index is 0.0209. The van der Waals surface area contributed by atoms with Gasteiger partial charge < -0.3 is 4.74 Å². The molecule has 5 nitrogen and oxygen atoms in total. The number of ether oxygens (including phenoxy) is 1. The number of hydrogen-bond donors (Lipinski definition) is 0. The summed E-state index contributed by atoms with van der Waals surface area (Å²) in [5.41, 5.74) is 1.34. The van der Waals surface area contributed by atoms with Crippen molar-refractivity contribution in [1.29, 1.82) is 0 Å². The smallest absolute Gasteiger partial charge is 0.359 e. The number of fused-ring (bicyclic) bond motifs is 1. The Hall–Kier alpha value is -3.80. The van der Waals surface area contributed by atoms with E-state index in [0.717, 1.165) is 5.56 Å². The second-order valence-electron chi connectivity index (χ2n) is 6.55. The van der Waals surface area contributed by atoms with Gasteiger partial charge in [0.25, 0.3) is 5.56 Å². The Bertz CT molecular complexity index is 1220. The van der Waals surface area contributed by atoms with Gasteiger partial charge in [-0.2, -0.15) is 5.10 Å². The van der Waals surface area contributed by atoms with Gasteiger partial charge in [0.2, 0.25) is 0 Å². The van der Waals surface area contributed by atoms with Crippen molar-refractivity contribution in [3.8, 4) is 0 Å². The van der Waals surface area contributed by atoms with Crippen LogP contribution in [0, 0.1) is 5.82 Å². The lowest BCUT2D eigenvalue weighted by atomic mass is 10.1. The third-order valence-electron chi connectivity index (χ3n) is 4.52. The van der Waals surface area contributed by atoms with Gasteiger partial charge in [-0.3, -0.25) is 4.79 Å². The molecule has 0 aliphatic heterocycles. The third kappa shape index (κ3) is 4.06. The van der Waals surface area contributed by atoms with Gasteiger partial charge in [-0.15, -0.1) is 0 Å². The molecule has 1 aromatic heterocycles. The number of nitrogens with zero attached hydrogens (tertiary/aromatic N) is 2. The molecule has 0 aliphatic carbocycles. The van der Waals surface area contributed by atoms with Crippen molar-refractivity contribution in [3.05, 3.63) is 112 Å². The van der Waals surface area contributed by atoms with Crippen LogP contribution in [-0.4, -0.2) is 15.7 Å². The minimum atomic E-state index is -0.646. The molecule has 6 heteroatoms. The standard InChI is InChI=1S/C23H17FN2O3/c24-18-12-10-17(11-13-18)15-29-23(28)21-19-8-4-5-9-20(19)22(27)26(25-21)14-16-6-2-1-3-7-16/h1-13H,14-15H2. The third-order valence-corrected chi connectivity index (χ3v) is 4.52. The lowest BCUT2D eigenvalue weighted by molar-refractivity contribution is 0.0465. The van der Waals surface area contributed by atoms with Gasteiger partial charge in [0.05, 0.1) is 11.9 Å². The number of benzene rings is 3.